The maximum absolute atomic E-state index is 12.1. The van der Waals surface area contributed by atoms with Crippen LogP contribution in [0.5, 0.6) is 0 Å². The topological polar surface area (TPSA) is 80.1 Å². The summed E-state index contributed by atoms with van der Waals surface area (Å²) in [6.45, 7) is 3.71. The number of hydrogen-bond donors (Lipinski definition) is 1. The van der Waals surface area contributed by atoms with Gasteiger partial charge in [0.15, 0.2) is 0 Å². The number of aromatic nitrogens is 3. The van der Waals surface area contributed by atoms with Crippen molar-refractivity contribution in [1.29, 1.82) is 0 Å². The van der Waals surface area contributed by atoms with Crippen LogP contribution in [0.25, 0.3) is 11.0 Å². The van der Waals surface area contributed by atoms with Crippen molar-refractivity contribution in [2.45, 2.75) is 38.8 Å². The number of rotatable bonds is 6. The minimum Gasteiger partial charge on any atom is -0.354 e. The molecule has 2 amide bonds. The standard InChI is InChI=1S/C16H21N5O2/c1-12(20-10-4-8-15(20)22)16(23)17-9-5-11-21-14-7-3-2-6-13(14)18-19-21/h2-3,6-7,12H,4-5,8-11H2,1H3,(H,17,23)/t12-/m1/s1. The van der Waals surface area contributed by atoms with Crippen LogP contribution in [0.1, 0.15) is 26.2 Å². The largest absolute Gasteiger partial charge is 0.354 e. The van der Waals surface area contributed by atoms with Gasteiger partial charge in [0.25, 0.3) is 0 Å². The molecule has 1 aromatic carbocycles. The van der Waals surface area contributed by atoms with Crippen molar-refractivity contribution in [2.75, 3.05) is 13.1 Å². The second kappa shape index (κ2) is 6.76. The second-order valence-corrected chi connectivity index (χ2v) is 5.81. The van der Waals surface area contributed by atoms with Gasteiger partial charge >= 0.3 is 0 Å². The van der Waals surface area contributed by atoms with Crippen LogP contribution in [0.2, 0.25) is 0 Å². The van der Waals surface area contributed by atoms with Gasteiger partial charge in [-0.25, -0.2) is 4.68 Å². The van der Waals surface area contributed by atoms with Crippen molar-refractivity contribution in [3.05, 3.63) is 24.3 Å². The summed E-state index contributed by atoms with van der Waals surface area (Å²) in [5.74, 6) is -0.0227. The molecule has 3 rings (SSSR count). The molecule has 1 aliphatic rings. The van der Waals surface area contributed by atoms with Crippen LogP contribution < -0.4 is 5.32 Å². The normalized spacial score (nSPS) is 16.0. The van der Waals surface area contributed by atoms with Gasteiger partial charge in [0.05, 0.1) is 5.52 Å². The molecule has 1 aliphatic heterocycles. The van der Waals surface area contributed by atoms with E-state index in [2.05, 4.69) is 15.6 Å². The Labute approximate surface area is 134 Å². The third-order valence-electron chi connectivity index (χ3n) is 4.22. The van der Waals surface area contributed by atoms with E-state index in [4.69, 9.17) is 0 Å². The van der Waals surface area contributed by atoms with E-state index in [1.165, 1.54) is 0 Å². The van der Waals surface area contributed by atoms with Crippen LogP contribution in [0.15, 0.2) is 24.3 Å². The van der Waals surface area contributed by atoms with Crippen LogP contribution in [0.3, 0.4) is 0 Å². The summed E-state index contributed by atoms with van der Waals surface area (Å²) in [6.07, 6.45) is 2.16. The van der Waals surface area contributed by atoms with Gasteiger partial charge in [0, 0.05) is 26.1 Å². The molecule has 0 spiro atoms. The van der Waals surface area contributed by atoms with Crippen molar-refractivity contribution in [3.8, 4) is 0 Å². The van der Waals surface area contributed by atoms with Crippen molar-refractivity contribution >= 4 is 22.8 Å². The van der Waals surface area contributed by atoms with Crippen molar-refractivity contribution in [3.63, 3.8) is 0 Å². The average molecular weight is 315 g/mol. The smallest absolute Gasteiger partial charge is 0.242 e. The molecule has 1 fully saturated rings. The number of nitrogens with one attached hydrogen (secondary N) is 1. The van der Waals surface area contributed by atoms with E-state index in [9.17, 15) is 9.59 Å². The third-order valence-corrected chi connectivity index (χ3v) is 4.22. The summed E-state index contributed by atoms with van der Waals surface area (Å²) in [5.41, 5.74) is 1.87. The van der Waals surface area contributed by atoms with E-state index < -0.39 is 6.04 Å². The molecular weight excluding hydrogens is 294 g/mol. The first kappa shape index (κ1) is 15.5. The fraction of sp³-hybridized carbons (Fsp3) is 0.500. The number of carbonyl (C=O) groups is 2. The second-order valence-electron chi connectivity index (χ2n) is 5.81. The summed E-state index contributed by atoms with van der Waals surface area (Å²) >= 11 is 0. The van der Waals surface area contributed by atoms with Crippen molar-refractivity contribution in [2.24, 2.45) is 0 Å². The van der Waals surface area contributed by atoms with E-state index in [1.807, 2.05) is 28.9 Å². The molecular formula is C16H21N5O2. The summed E-state index contributed by atoms with van der Waals surface area (Å²) < 4.78 is 1.84. The predicted molar refractivity (Wildman–Crippen MR) is 85.6 cm³/mol. The lowest BCUT2D eigenvalue weighted by molar-refractivity contribution is -0.136. The van der Waals surface area contributed by atoms with Gasteiger partial charge in [-0.3, -0.25) is 9.59 Å². The monoisotopic (exact) mass is 315 g/mol. The molecule has 122 valence electrons. The van der Waals surface area contributed by atoms with Gasteiger partial charge < -0.3 is 10.2 Å². The highest BCUT2D eigenvalue weighted by Crippen LogP contribution is 2.13. The van der Waals surface area contributed by atoms with Crippen LogP contribution >= 0.6 is 0 Å². The summed E-state index contributed by atoms with van der Waals surface area (Å²) in [7, 11) is 0. The first-order valence-corrected chi connectivity index (χ1v) is 8.02. The lowest BCUT2D eigenvalue weighted by Crippen LogP contribution is -2.45. The van der Waals surface area contributed by atoms with Crippen molar-refractivity contribution in [1.82, 2.24) is 25.2 Å². The van der Waals surface area contributed by atoms with E-state index in [1.54, 1.807) is 11.8 Å². The highest BCUT2D eigenvalue weighted by atomic mass is 16.2. The number of aryl methyl sites for hydroxylation is 1. The fourth-order valence-corrected chi connectivity index (χ4v) is 2.89. The lowest BCUT2D eigenvalue weighted by atomic mass is 10.2. The Morgan fingerprint density at radius 2 is 2.22 bits per heavy atom. The quantitative estimate of drug-likeness (QED) is 0.805. The van der Waals surface area contributed by atoms with Gasteiger partial charge in [-0.05, 0) is 31.9 Å². The molecule has 1 aromatic heterocycles. The van der Waals surface area contributed by atoms with Crippen molar-refractivity contribution < 1.29 is 9.59 Å². The minimum atomic E-state index is -0.391. The van der Waals surface area contributed by atoms with E-state index >= 15 is 0 Å². The average Bonchev–Trinajstić information content (AvgIpc) is 3.17. The maximum atomic E-state index is 12.1. The van der Waals surface area contributed by atoms with Crippen LogP contribution in [0, 0.1) is 0 Å². The first-order valence-electron chi connectivity index (χ1n) is 8.02. The molecule has 23 heavy (non-hydrogen) atoms. The van der Waals surface area contributed by atoms with Gasteiger partial charge in [0.2, 0.25) is 11.8 Å². The Kier molecular flexibility index (Phi) is 4.55. The highest BCUT2D eigenvalue weighted by molar-refractivity contribution is 5.88. The molecule has 1 saturated heterocycles. The Morgan fingerprint density at radius 3 is 3.00 bits per heavy atom. The van der Waals surface area contributed by atoms with Crippen LogP contribution in [-0.4, -0.2) is 50.8 Å². The van der Waals surface area contributed by atoms with Gasteiger partial charge in [-0.15, -0.1) is 5.10 Å². The fourth-order valence-electron chi connectivity index (χ4n) is 2.89. The number of para-hydroxylation sites is 1. The third kappa shape index (κ3) is 3.33. The predicted octanol–water partition coefficient (Wildman–Crippen LogP) is 0.948. The number of benzene rings is 1. The number of carbonyl (C=O) groups excluding carboxylic acids is 2. The number of nitrogens with zero attached hydrogens (tertiary/aromatic N) is 4. The molecule has 0 radical (unpaired) electrons. The Balaban J connectivity index is 1.46. The van der Waals surface area contributed by atoms with E-state index in [0.29, 0.717) is 26.1 Å². The number of amides is 2. The number of fused-ring (bicyclic) bond motifs is 1. The molecule has 1 N–H and O–H groups in total. The summed E-state index contributed by atoms with van der Waals surface area (Å²) in [4.78, 5) is 25.4. The zero-order valence-corrected chi connectivity index (χ0v) is 13.2. The molecule has 1 atom stereocenters. The molecule has 0 bridgehead atoms. The minimum absolute atomic E-state index is 0.0711. The lowest BCUT2D eigenvalue weighted by Gasteiger charge is -2.23. The van der Waals surface area contributed by atoms with E-state index in [0.717, 1.165) is 23.9 Å². The zero-order chi connectivity index (χ0) is 16.2. The number of likely N-dealkylation sites (tertiary alicyclic amines) is 1. The first-order chi connectivity index (χ1) is 11.2. The van der Waals surface area contributed by atoms with Gasteiger partial charge in [-0.1, -0.05) is 17.3 Å². The Hall–Kier alpha value is -2.44. The zero-order valence-electron chi connectivity index (χ0n) is 13.2. The molecule has 0 unspecified atom stereocenters. The molecule has 2 aromatic rings. The van der Waals surface area contributed by atoms with Crippen LogP contribution in [-0.2, 0) is 16.1 Å². The van der Waals surface area contributed by atoms with Gasteiger partial charge in [0.1, 0.15) is 11.6 Å². The SMILES string of the molecule is C[C@H](C(=O)NCCCn1nnc2ccccc21)N1CCCC1=O. The highest BCUT2D eigenvalue weighted by Gasteiger charge is 2.28. The summed E-state index contributed by atoms with van der Waals surface area (Å²) in [5, 5.41) is 11.1. The maximum Gasteiger partial charge on any atom is 0.242 e. The Bertz CT molecular complexity index is 711. The Morgan fingerprint density at radius 1 is 1.39 bits per heavy atom. The molecule has 7 nitrogen and oxygen atoms in total. The van der Waals surface area contributed by atoms with Gasteiger partial charge in [-0.2, -0.15) is 0 Å². The van der Waals surface area contributed by atoms with Crippen LogP contribution in [0.4, 0.5) is 0 Å². The molecule has 0 saturated carbocycles. The molecule has 7 heteroatoms. The molecule has 2 heterocycles. The van der Waals surface area contributed by atoms with E-state index in [-0.39, 0.29) is 11.8 Å². The number of hydrogen-bond acceptors (Lipinski definition) is 4. The summed E-state index contributed by atoms with van der Waals surface area (Å²) in [6, 6.07) is 7.41. The molecule has 0 aliphatic carbocycles.